The van der Waals surface area contributed by atoms with Gasteiger partial charge in [-0.15, -0.1) is 11.3 Å². The average molecular weight is 362 g/mol. The van der Waals surface area contributed by atoms with Gasteiger partial charge >= 0.3 is 12.1 Å². The number of thiophene rings is 1. The minimum atomic E-state index is -0.564. The number of nitrogens with zero attached hydrogens (tertiary/aromatic N) is 2. The van der Waals surface area contributed by atoms with Gasteiger partial charge in [0.1, 0.15) is 16.3 Å². The second-order valence-corrected chi connectivity index (χ2v) is 7.41. The van der Waals surface area contributed by atoms with Crippen LogP contribution in [0.3, 0.4) is 0 Å². The smallest absolute Gasteiger partial charge is 0.415 e. The number of hydrogen-bond acceptors (Lipinski definition) is 6. The van der Waals surface area contributed by atoms with Gasteiger partial charge in [-0.1, -0.05) is 0 Å². The number of pyridine rings is 1. The molecule has 0 fully saturated rings. The zero-order valence-corrected chi connectivity index (χ0v) is 15.8. The molecular weight excluding hydrogens is 340 g/mol. The third-order valence-electron chi connectivity index (χ3n) is 3.13. The second-order valence-electron chi connectivity index (χ2n) is 6.33. The maximum absolute atomic E-state index is 12.1. The van der Waals surface area contributed by atoms with Crippen molar-refractivity contribution in [3.8, 4) is 10.4 Å². The Morgan fingerprint density at radius 3 is 2.48 bits per heavy atom. The van der Waals surface area contributed by atoms with Crippen molar-refractivity contribution in [3.63, 3.8) is 0 Å². The molecule has 2 aromatic heterocycles. The molecule has 0 radical (unpaired) electrons. The summed E-state index contributed by atoms with van der Waals surface area (Å²) in [5.74, 6) is 0.160. The molecule has 0 N–H and O–H groups in total. The van der Waals surface area contributed by atoms with Gasteiger partial charge in [0.15, 0.2) is 0 Å². The first kappa shape index (κ1) is 18.9. The summed E-state index contributed by atoms with van der Waals surface area (Å²) in [6.07, 6.45) is 1.20. The standard InChI is InChI=1S/C18H22N2O4S/c1-6-23-16(21)14-9-8-13(25-14)12-7-10-15(19-11-12)20(5)17(22)24-18(2,3)4/h7-11H,6H2,1-5H3. The van der Waals surface area contributed by atoms with Crippen LogP contribution in [0.15, 0.2) is 30.5 Å². The number of anilines is 1. The first-order valence-corrected chi connectivity index (χ1v) is 8.73. The Morgan fingerprint density at radius 1 is 1.20 bits per heavy atom. The number of aromatic nitrogens is 1. The van der Waals surface area contributed by atoms with Crippen molar-refractivity contribution < 1.29 is 19.1 Å². The first-order valence-electron chi connectivity index (χ1n) is 7.91. The molecule has 2 aromatic rings. The van der Waals surface area contributed by atoms with Gasteiger partial charge in [-0.3, -0.25) is 4.90 Å². The predicted octanol–water partition coefficient (Wildman–Crippen LogP) is 4.36. The summed E-state index contributed by atoms with van der Waals surface area (Å²) in [5, 5.41) is 0. The highest BCUT2D eigenvalue weighted by molar-refractivity contribution is 7.17. The third-order valence-corrected chi connectivity index (χ3v) is 4.24. The molecule has 0 aliphatic heterocycles. The molecule has 2 heterocycles. The summed E-state index contributed by atoms with van der Waals surface area (Å²) < 4.78 is 10.3. The molecule has 6 nitrogen and oxygen atoms in total. The van der Waals surface area contributed by atoms with Crippen LogP contribution in [-0.2, 0) is 9.47 Å². The van der Waals surface area contributed by atoms with Crippen LogP contribution < -0.4 is 4.90 Å². The number of carbonyl (C=O) groups excluding carboxylic acids is 2. The van der Waals surface area contributed by atoms with E-state index in [1.807, 2.05) is 32.9 Å². The minimum Gasteiger partial charge on any atom is -0.462 e. The Labute approximate surface area is 151 Å². The van der Waals surface area contributed by atoms with E-state index in [0.29, 0.717) is 17.3 Å². The van der Waals surface area contributed by atoms with Gasteiger partial charge in [0.25, 0.3) is 0 Å². The van der Waals surface area contributed by atoms with Crippen molar-refractivity contribution in [1.29, 1.82) is 0 Å². The fourth-order valence-corrected chi connectivity index (χ4v) is 2.85. The predicted molar refractivity (Wildman–Crippen MR) is 98.1 cm³/mol. The summed E-state index contributed by atoms with van der Waals surface area (Å²) in [5.41, 5.74) is 0.299. The Kier molecular flexibility index (Phi) is 5.79. The van der Waals surface area contributed by atoms with Crippen molar-refractivity contribution in [2.45, 2.75) is 33.3 Å². The first-order chi connectivity index (χ1) is 11.7. The van der Waals surface area contributed by atoms with Crippen molar-refractivity contribution in [2.75, 3.05) is 18.6 Å². The molecule has 2 rings (SSSR count). The molecule has 0 saturated heterocycles. The Balaban J connectivity index is 2.12. The fraction of sp³-hybridized carbons (Fsp3) is 0.389. The molecule has 0 aliphatic rings. The lowest BCUT2D eigenvalue weighted by atomic mass is 10.2. The lowest BCUT2D eigenvalue weighted by Crippen LogP contribution is -2.34. The van der Waals surface area contributed by atoms with E-state index in [0.717, 1.165) is 10.4 Å². The van der Waals surface area contributed by atoms with Crippen LogP contribution in [0.2, 0.25) is 0 Å². The average Bonchev–Trinajstić information content (AvgIpc) is 3.03. The summed E-state index contributed by atoms with van der Waals surface area (Å²) in [7, 11) is 1.61. The SMILES string of the molecule is CCOC(=O)c1ccc(-c2ccc(N(C)C(=O)OC(C)(C)C)nc2)s1. The normalized spacial score (nSPS) is 11.1. The van der Waals surface area contributed by atoms with Gasteiger partial charge in [-0.2, -0.15) is 0 Å². The van der Waals surface area contributed by atoms with Crippen molar-refractivity contribution >= 4 is 29.2 Å². The molecule has 0 bridgehead atoms. The van der Waals surface area contributed by atoms with E-state index in [9.17, 15) is 9.59 Å². The van der Waals surface area contributed by atoms with Gasteiger partial charge in [0, 0.05) is 23.7 Å². The van der Waals surface area contributed by atoms with E-state index in [-0.39, 0.29) is 5.97 Å². The summed E-state index contributed by atoms with van der Waals surface area (Å²) >= 11 is 1.34. The maximum atomic E-state index is 12.1. The van der Waals surface area contributed by atoms with Crippen LogP contribution in [0.25, 0.3) is 10.4 Å². The lowest BCUT2D eigenvalue weighted by Gasteiger charge is -2.24. The summed E-state index contributed by atoms with van der Waals surface area (Å²) in [6, 6.07) is 7.18. The molecule has 0 aliphatic carbocycles. The molecule has 0 saturated carbocycles. The van der Waals surface area contributed by atoms with Gasteiger partial charge in [0.2, 0.25) is 0 Å². The minimum absolute atomic E-state index is 0.326. The zero-order chi connectivity index (χ0) is 18.6. The molecule has 0 unspecified atom stereocenters. The van der Waals surface area contributed by atoms with Gasteiger partial charge in [0.05, 0.1) is 6.61 Å². The highest BCUT2D eigenvalue weighted by Crippen LogP contribution is 2.29. The highest BCUT2D eigenvalue weighted by atomic mass is 32.1. The molecular formula is C18H22N2O4S. The molecule has 0 atom stereocenters. The van der Waals surface area contributed by atoms with Crippen LogP contribution in [0.5, 0.6) is 0 Å². The number of ether oxygens (including phenoxy) is 2. The molecule has 1 amide bonds. The summed E-state index contributed by atoms with van der Waals surface area (Å²) in [6.45, 7) is 7.56. The second kappa shape index (κ2) is 7.65. The molecule has 7 heteroatoms. The van der Waals surface area contributed by atoms with Gasteiger partial charge in [-0.25, -0.2) is 14.6 Å². The molecule has 134 valence electrons. The van der Waals surface area contributed by atoms with Gasteiger partial charge < -0.3 is 9.47 Å². The van der Waals surface area contributed by atoms with Crippen LogP contribution in [0.4, 0.5) is 10.6 Å². The van der Waals surface area contributed by atoms with E-state index in [1.165, 1.54) is 16.2 Å². The lowest BCUT2D eigenvalue weighted by molar-refractivity contribution is 0.0530. The van der Waals surface area contributed by atoms with Crippen LogP contribution >= 0.6 is 11.3 Å². The highest BCUT2D eigenvalue weighted by Gasteiger charge is 2.21. The van der Waals surface area contributed by atoms with E-state index in [2.05, 4.69) is 4.98 Å². The zero-order valence-electron chi connectivity index (χ0n) is 15.0. The Bertz CT molecular complexity index is 747. The van der Waals surface area contributed by atoms with Crippen molar-refractivity contribution in [3.05, 3.63) is 35.3 Å². The van der Waals surface area contributed by atoms with E-state index >= 15 is 0 Å². The molecule has 0 aromatic carbocycles. The van der Waals surface area contributed by atoms with Crippen LogP contribution in [0, 0.1) is 0 Å². The fourth-order valence-electron chi connectivity index (χ4n) is 1.96. The Morgan fingerprint density at radius 2 is 1.92 bits per heavy atom. The number of hydrogen-bond donors (Lipinski definition) is 0. The van der Waals surface area contributed by atoms with Crippen LogP contribution in [-0.4, -0.2) is 36.3 Å². The van der Waals surface area contributed by atoms with Crippen molar-refractivity contribution in [1.82, 2.24) is 4.98 Å². The monoisotopic (exact) mass is 362 g/mol. The summed E-state index contributed by atoms with van der Waals surface area (Å²) in [4.78, 5) is 30.9. The molecule has 25 heavy (non-hydrogen) atoms. The van der Waals surface area contributed by atoms with Crippen molar-refractivity contribution in [2.24, 2.45) is 0 Å². The van der Waals surface area contributed by atoms with Crippen LogP contribution in [0.1, 0.15) is 37.4 Å². The third kappa shape index (κ3) is 5.03. The van der Waals surface area contributed by atoms with Gasteiger partial charge in [-0.05, 0) is 52.0 Å². The quantitative estimate of drug-likeness (QED) is 0.756. The number of esters is 1. The maximum Gasteiger partial charge on any atom is 0.415 e. The molecule has 0 spiro atoms. The number of carbonyl (C=O) groups is 2. The van der Waals surface area contributed by atoms with E-state index in [1.54, 1.807) is 32.3 Å². The van der Waals surface area contributed by atoms with E-state index < -0.39 is 11.7 Å². The topological polar surface area (TPSA) is 68.7 Å². The number of amides is 1. The van der Waals surface area contributed by atoms with E-state index in [4.69, 9.17) is 9.47 Å². The number of rotatable bonds is 4. The largest absolute Gasteiger partial charge is 0.462 e. The Hall–Kier alpha value is -2.41.